The topological polar surface area (TPSA) is 113 Å². The van der Waals surface area contributed by atoms with E-state index in [1.54, 1.807) is 26.8 Å². The van der Waals surface area contributed by atoms with E-state index in [0.717, 1.165) is 0 Å². The number of benzene rings is 1. The van der Waals surface area contributed by atoms with Gasteiger partial charge in [-0.2, -0.15) is 0 Å². The van der Waals surface area contributed by atoms with Gasteiger partial charge in [0.25, 0.3) is 0 Å². The van der Waals surface area contributed by atoms with Crippen LogP contribution in [0.25, 0.3) is 0 Å². The normalized spacial score (nSPS) is 12.2. The van der Waals surface area contributed by atoms with Gasteiger partial charge in [0, 0.05) is 19.8 Å². The molecule has 0 saturated heterocycles. The molecule has 0 aliphatic rings. The molecule has 1 atom stereocenters. The van der Waals surface area contributed by atoms with Crippen molar-refractivity contribution in [1.82, 2.24) is 5.32 Å². The van der Waals surface area contributed by atoms with E-state index in [9.17, 15) is 14.7 Å². The highest BCUT2D eigenvalue weighted by Gasteiger charge is 2.28. The highest BCUT2D eigenvalue weighted by atomic mass is 16.7. The summed E-state index contributed by atoms with van der Waals surface area (Å²) in [4.78, 5) is 23.7. The summed E-state index contributed by atoms with van der Waals surface area (Å²) in [5.74, 6) is -0.717. The number of nitrogens with one attached hydrogen (secondary N) is 1. The Morgan fingerprint density at radius 3 is 2.27 bits per heavy atom. The van der Waals surface area contributed by atoms with Gasteiger partial charge in [-0.1, -0.05) is 0 Å². The minimum atomic E-state index is -1.41. The van der Waals surface area contributed by atoms with E-state index in [-0.39, 0.29) is 24.9 Å². The van der Waals surface area contributed by atoms with Crippen LogP contribution in [0.15, 0.2) is 18.2 Å². The summed E-state index contributed by atoms with van der Waals surface area (Å²) in [6, 6.07) is 3.13. The van der Waals surface area contributed by atoms with Crippen molar-refractivity contribution in [2.45, 2.75) is 32.4 Å². The Hall–Kier alpha value is -2.52. The van der Waals surface area contributed by atoms with Gasteiger partial charge in [0.15, 0.2) is 19.6 Å². The first-order chi connectivity index (χ1) is 12.2. The Bertz CT molecular complexity index is 611. The lowest BCUT2D eigenvalue weighted by Gasteiger charge is -2.23. The molecule has 0 aromatic heterocycles. The predicted molar refractivity (Wildman–Crippen MR) is 91.2 cm³/mol. The molecule has 1 rings (SSSR count). The molecule has 0 heterocycles. The Kier molecular flexibility index (Phi) is 8.14. The Balaban J connectivity index is 3.15. The first kappa shape index (κ1) is 21.5. The molecular weight excluding hydrogens is 346 g/mol. The van der Waals surface area contributed by atoms with Crippen LogP contribution in [-0.4, -0.2) is 50.6 Å². The second kappa shape index (κ2) is 9.83. The lowest BCUT2D eigenvalue weighted by atomic mass is 10.1. The van der Waals surface area contributed by atoms with Crippen LogP contribution in [0.5, 0.6) is 11.5 Å². The maximum Gasteiger partial charge on any atom is 0.408 e. The van der Waals surface area contributed by atoms with Crippen molar-refractivity contribution in [2.24, 2.45) is 0 Å². The molecule has 0 spiro atoms. The Morgan fingerprint density at radius 2 is 1.73 bits per heavy atom. The molecule has 0 fully saturated rings. The van der Waals surface area contributed by atoms with Crippen LogP contribution in [0.4, 0.5) is 4.79 Å². The summed E-state index contributed by atoms with van der Waals surface area (Å²) in [5.41, 5.74) is -0.597. The SMILES string of the molecule is COCOc1ccc(OCOC)c(C(NC(=O)OC(C)(C)C)C(=O)O)c1. The van der Waals surface area contributed by atoms with E-state index in [0.29, 0.717) is 5.75 Å². The monoisotopic (exact) mass is 371 g/mol. The van der Waals surface area contributed by atoms with E-state index in [2.05, 4.69) is 5.32 Å². The number of carbonyl (C=O) groups excluding carboxylic acids is 1. The minimum absolute atomic E-state index is 0.0189. The molecule has 9 heteroatoms. The first-order valence-electron chi connectivity index (χ1n) is 7.77. The van der Waals surface area contributed by atoms with Gasteiger partial charge in [-0.3, -0.25) is 0 Å². The van der Waals surface area contributed by atoms with Gasteiger partial charge in [0.1, 0.15) is 17.1 Å². The van der Waals surface area contributed by atoms with Gasteiger partial charge in [-0.25, -0.2) is 9.59 Å². The molecule has 9 nitrogen and oxygen atoms in total. The van der Waals surface area contributed by atoms with Crippen LogP contribution >= 0.6 is 0 Å². The van der Waals surface area contributed by atoms with Crippen LogP contribution < -0.4 is 14.8 Å². The Labute approximate surface area is 152 Å². The third-order valence-corrected chi connectivity index (χ3v) is 2.88. The van der Waals surface area contributed by atoms with Crippen molar-refractivity contribution in [3.63, 3.8) is 0 Å². The average Bonchev–Trinajstić information content (AvgIpc) is 2.54. The second-order valence-corrected chi connectivity index (χ2v) is 6.22. The van der Waals surface area contributed by atoms with E-state index in [1.165, 1.54) is 26.4 Å². The van der Waals surface area contributed by atoms with E-state index >= 15 is 0 Å². The quantitative estimate of drug-likeness (QED) is 0.636. The lowest BCUT2D eigenvalue weighted by Crippen LogP contribution is -2.38. The summed E-state index contributed by atoms with van der Waals surface area (Å²) in [6.45, 7) is 4.91. The highest BCUT2D eigenvalue weighted by molar-refractivity contribution is 5.82. The molecule has 1 aromatic rings. The molecule has 1 aromatic carbocycles. The predicted octanol–water partition coefficient (Wildman–Crippen LogP) is 2.30. The molecule has 1 unspecified atom stereocenters. The van der Waals surface area contributed by atoms with Gasteiger partial charge in [0.05, 0.1) is 0 Å². The third kappa shape index (κ3) is 7.16. The number of aliphatic carboxylic acids is 1. The summed E-state index contributed by atoms with van der Waals surface area (Å²) >= 11 is 0. The zero-order valence-electron chi connectivity index (χ0n) is 15.5. The standard InChI is InChI=1S/C17H25NO8/c1-17(2,3)26-16(21)18-14(15(19)20)12-8-11(24-9-22-4)6-7-13(12)25-10-23-5/h6-8,14H,9-10H2,1-5H3,(H,18,21)(H,19,20). The third-order valence-electron chi connectivity index (χ3n) is 2.88. The Morgan fingerprint density at radius 1 is 1.12 bits per heavy atom. The molecule has 2 N–H and O–H groups in total. The number of hydrogen-bond acceptors (Lipinski definition) is 7. The number of carbonyl (C=O) groups is 2. The average molecular weight is 371 g/mol. The fraction of sp³-hybridized carbons (Fsp3) is 0.529. The number of alkyl carbamates (subject to hydrolysis) is 1. The molecular formula is C17H25NO8. The number of ether oxygens (including phenoxy) is 5. The molecule has 0 bridgehead atoms. The largest absolute Gasteiger partial charge is 0.479 e. The maximum atomic E-state index is 12.0. The van der Waals surface area contributed by atoms with Gasteiger partial charge in [-0.15, -0.1) is 0 Å². The van der Waals surface area contributed by atoms with Crippen molar-refractivity contribution < 1.29 is 38.4 Å². The number of carboxylic acids is 1. The van der Waals surface area contributed by atoms with Crippen LogP contribution in [0.1, 0.15) is 32.4 Å². The van der Waals surface area contributed by atoms with E-state index in [1.807, 2.05) is 0 Å². The van der Waals surface area contributed by atoms with Crippen LogP contribution in [0.2, 0.25) is 0 Å². The van der Waals surface area contributed by atoms with Gasteiger partial charge in [-0.05, 0) is 39.0 Å². The number of hydrogen-bond donors (Lipinski definition) is 2. The summed E-state index contributed by atoms with van der Waals surface area (Å²) in [6.07, 6.45) is -0.870. The van der Waals surface area contributed by atoms with Crippen molar-refractivity contribution >= 4 is 12.1 Å². The molecule has 146 valence electrons. The lowest BCUT2D eigenvalue weighted by molar-refractivity contribution is -0.139. The first-order valence-corrected chi connectivity index (χ1v) is 7.77. The van der Waals surface area contributed by atoms with Crippen molar-refractivity contribution in [3.8, 4) is 11.5 Å². The molecule has 0 aliphatic heterocycles. The molecule has 26 heavy (non-hydrogen) atoms. The van der Waals surface area contributed by atoms with E-state index in [4.69, 9.17) is 23.7 Å². The number of amides is 1. The second-order valence-electron chi connectivity index (χ2n) is 6.22. The number of rotatable bonds is 9. The zero-order chi connectivity index (χ0) is 19.7. The number of carboxylic acid groups (broad SMARTS) is 1. The molecule has 1 amide bonds. The van der Waals surface area contributed by atoms with E-state index < -0.39 is 23.7 Å². The van der Waals surface area contributed by atoms with Gasteiger partial charge in [0.2, 0.25) is 0 Å². The molecule has 0 radical (unpaired) electrons. The summed E-state index contributed by atoms with van der Waals surface area (Å²) < 4.78 is 25.5. The summed E-state index contributed by atoms with van der Waals surface area (Å²) in [5, 5.41) is 11.9. The summed E-state index contributed by atoms with van der Waals surface area (Å²) in [7, 11) is 2.89. The fourth-order valence-electron chi connectivity index (χ4n) is 1.92. The van der Waals surface area contributed by atoms with Crippen molar-refractivity contribution in [2.75, 3.05) is 27.8 Å². The molecule has 0 aliphatic carbocycles. The van der Waals surface area contributed by atoms with Crippen LogP contribution in [0, 0.1) is 0 Å². The highest BCUT2D eigenvalue weighted by Crippen LogP contribution is 2.30. The van der Waals surface area contributed by atoms with Crippen molar-refractivity contribution in [1.29, 1.82) is 0 Å². The zero-order valence-corrected chi connectivity index (χ0v) is 15.5. The fourth-order valence-corrected chi connectivity index (χ4v) is 1.92. The van der Waals surface area contributed by atoms with Gasteiger partial charge >= 0.3 is 12.1 Å². The molecule has 0 saturated carbocycles. The smallest absolute Gasteiger partial charge is 0.408 e. The van der Waals surface area contributed by atoms with Crippen LogP contribution in [-0.2, 0) is 19.0 Å². The minimum Gasteiger partial charge on any atom is -0.479 e. The van der Waals surface area contributed by atoms with Crippen molar-refractivity contribution in [3.05, 3.63) is 23.8 Å². The van der Waals surface area contributed by atoms with Gasteiger partial charge < -0.3 is 34.1 Å². The maximum absolute atomic E-state index is 12.0. The van der Waals surface area contributed by atoms with Crippen LogP contribution in [0.3, 0.4) is 0 Å². The number of methoxy groups -OCH3 is 2.